The van der Waals surface area contributed by atoms with E-state index in [1.807, 2.05) is 0 Å². The molecule has 0 bridgehead atoms. The number of halogens is 2. The van der Waals surface area contributed by atoms with Crippen molar-refractivity contribution >= 4 is 35.6 Å². The van der Waals surface area contributed by atoms with E-state index in [-0.39, 0.29) is 35.8 Å². The van der Waals surface area contributed by atoms with Crippen molar-refractivity contribution in [3.05, 3.63) is 71.9 Å². The van der Waals surface area contributed by atoms with Gasteiger partial charge in [-0.25, -0.2) is 9.37 Å². The van der Waals surface area contributed by atoms with Gasteiger partial charge in [-0.05, 0) is 68.7 Å². The zero-order valence-corrected chi connectivity index (χ0v) is 22.1. The smallest absolute Gasteiger partial charge is 0.226 e. The molecule has 1 aliphatic heterocycles. The Morgan fingerprint density at radius 3 is 2.68 bits per heavy atom. The highest BCUT2D eigenvalue weighted by Crippen LogP contribution is 2.24. The predicted octanol–water partition coefficient (Wildman–Crippen LogP) is 5.56. The van der Waals surface area contributed by atoms with Gasteiger partial charge in [0, 0.05) is 43.9 Å². The van der Waals surface area contributed by atoms with E-state index < -0.39 is 0 Å². The number of hydrogen-bond acceptors (Lipinski definition) is 4. The Bertz CT molecular complexity index is 1060. The minimum atomic E-state index is -0.277. The highest BCUT2D eigenvalue weighted by Gasteiger charge is 2.14. The molecule has 1 fully saturated rings. The third-order valence-electron chi connectivity index (χ3n) is 5.82. The van der Waals surface area contributed by atoms with Crippen LogP contribution in [0.1, 0.15) is 44.0 Å². The molecule has 1 aromatic heterocycles. The molecule has 3 aromatic rings. The Hall–Kier alpha value is -2.62. The second-order valence-electron chi connectivity index (χ2n) is 8.32. The van der Waals surface area contributed by atoms with Crippen molar-refractivity contribution in [1.29, 1.82) is 0 Å². The van der Waals surface area contributed by atoms with Crippen molar-refractivity contribution in [1.82, 2.24) is 15.6 Å². The van der Waals surface area contributed by atoms with Gasteiger partial charge in [0.1, 0.15) is 12.1 Å². The van der Waals surface area contributed by atoms with E-state index >= 15 is 0 Å². The van der Waals surface area contributed by atoms with E-state index in [2.05, 4.69) is 58.6 Å². The van der Waals surface area contributed by atoms with Gasteiger partial charge in [-0.1, -0.05) is 12.1 Å². The van der Waals surface area contributed by atoms with E-state index in [0.717, 1.165) is 36.9 Å². The first kappa shape index (κ1) is 26.0. The normalized spacial score (nSPS) is 14.6. The molecule has 0 aliphatic carbocycles. The largest absolute Gasteiger partial charge is 0.444 e. The molecule has 8 heteroatoms. The molecular formula is C26H33FIN5O. The van der Waals surface area contributed by atoms with Crippen LogP contribution in [0.3, 0.4) is 0 Å². The first-order chi connectivity index (χ1) is 16.1. The molecule has 2 heterocycles. The minimum Gasteiger partial charge on any atom is -0.444 e. The van der Waals surface area contributed by atoms with Crippen molar-refractivity contribution in [2.24, 2.45) is 4.99 Å². The van der Waals surface area contributed by atoms with E-state index in [1.165, 1.54) is 36.2 Å². The highest BCUT2D eigenvalue weighted by molar-refractivity contribution is 14.0. The summed E-state index contributed by atoms with van der Waals surface area (Å²) < 4.78 is 18.7. The molecule has 6 nitrogen and oxygen atoms in total. The standard InChI is InChI=1S/C26H32FN5O.HI/c1-3-28-26(30-19(2)21-7-6-8-24(17-21)32-15-4-5-16-32)29-14-13-23-18-33-25(31-23)20-9-11-22(27)12-10-20;/h6-12,17-19H,3-5,13-16H2,1-2H3,(H2,28,29,30);1H. The Kier molecular flexibility index (Phi) is 9.74. The number of hydrogen-bond donors (Lipinski definition) is 2. The second kappa shape index (κ2) is 12.7. The lowest BCUT2D eigenvalue weighted by molar-refractivity contribution is 0.572. The number of aliphatic imine (C=N–C) groups is 1. The molecule has 182 valence electrons. The molecule has 1 atom stereocenters. The lowest BCUT2D eigenvalue weighted by Crippen LogP contribution is -2.39. The zero-order valence-electron chi connectivity index (χ0n) is 19.8. The van der Waals surface area contributed by atoms with Crippen LogP contribution < -0.4 is 15.5 Å². The summed E-state index contributed by atoms with van der Waals surface area (Å²) in [5, 5.41) is 6.84. The minimum absolute atomic E-state index is 0. The molecule has 1 aliphatic rings. The summed E-state index contributed by atoms with van der Waals surface area (Å²) in [6.45, 7) is 7.85. The monoisotopic (exact) mass is 577 g/mol. The summed E-state index contributed by atoms with van der Waals surface area (Å²) >= 11 is 0. The number of nitrogens with zero attached hydrogens (tertiary/aromatic N) is 3. The Labute approximate surface area is 218 Å². The first-order valence-corrected chi connectivity index (χ1v) is 11.7. The molecule has 1 saturated heterocycles. The molecule has 34 heavy (non-hydrogen) atoms. The molecule has 0 radical (unpaired) electrons. The van der Waals surface area contributed by atoms with Gasteiger partial charge in [-0.3, -0.25) is 4.99 Å². The van der Waals surface area contributed by atoms with Crippen LogP contribution in [0.2, 0.25) is 0 Å². The number of oxazole rings is 1. The maximum absolute atomic E-state index is 13.1. The van der Waals surface area contributed by atoms with Crippen LogP contribution >= 0.6 is 24.0 Å². The van der Waals surface area contributed by atoms with Crippen molar-refractivity contribution in [3.8, 4) is 11.5 Å². The maximum Gasteiger partial charge on any atom is 0.226 e. The molecule has 4 rings (SSSR count). The van der Waals surface area contributed by atoms with Crippen molar-refractivity contribution < 1.29 is 8.81 Å². The van der Waals surface area contributed by atoms with Crippen molar-refractivity contribution in [2.75, 3.05) is 31.1 Å². The fraction of sp³-hybridized carbons (Fsp3) is 0.385. The van der Waals surface area contributed by atoms with Crippen LogP contribution in [-0.4, -0.2) is 37.1 Å². The van der Waals surface area contributed by atoms with Crippen LogP contribution in [0.25, 0.3) is 11.5 Å². The number of rotatable bonds is 8. The third kappa shape index (κ3) is 6.94. The average molecular weight is 577 g/mol. The van der Waals surface area contributed by atoms with Gasteiger partial charge in [-0.15, -0.1) is 24.0 Å². The molecular weight excluding hydrogens is 544 g/mol. The number of guanidine groups is 1. The molecule has 2 aromatic carbocycles. The Morgan fingerprint density at radius 1 is 1.18 bits per heavy atom. The SMILES string of the molecule is CCNC(=NCCc1coc(-c2ccc(F)cc2)n1)NC(C)c1cccc(N2CCCC2)c1.I. The Balaban J connectivity index is 0.00000324. The third-order valence-corrected chi connectivity index (χ3v) is 5.82. The van der Waals surface area contributed by atoms with Gasteiger partial charge < -0.3 is 20.0 Å². The summed E-state index contributed by atoms with van der Waals surface area (Å²) in [6.07, 6.45) is 4.83. The van der Waals surface area contributed by atoms with Gasteiger partial charge in [0.15, 0.2) is 5.96 Å². The van der Waals surface area contributed by atoms with Gasteiger partial charge >= 0.3 is 0 Å². The number of benzene rings is 2. The summed E-state index contributed by atoms with van der Waals surface area (Å²) in [7, 11) is 0. The number of nitrogens with one attached hydrogen (secondary N) is 2. The summed E-state index contributed by atoms with van der Waals surface area (Å²) in [6, 6.07) is 15.0. The van der Waals surface area contributed by atoms with Gasteiger partial charge in [0.2, 0.25) is 5.89 Å². The molecule has 2 N–H and O–H groups in total. The van der Waals surface area contributed by atoms with Crippen molar-refractivity contribution in [3.63, 3.8) is 0 Å². The van der Waals surface area contributed by atoms with E-state index in [4.69, 9.17) is 9.41 Å². The lowest BCUT2D eigenvalue weighted by atomic mass is 10.1. The number of anilines is 1. The van der Waals surface area contributed by atoms with Gasteiger partial charge in [0.05, 0.1) is 11.7 Å². The average Bonchev–Trinajstić information content (AvgIpc) is 3.53. The van der Waals surface area contributed by atoms with Crippen LogP contribution in [0.5, 0.6) is 0 Å². The van der Waals surface area contributed by atoms with Gasteiger partial charge in [-0.2, -0.15) is 0 Å². The first-order valence-electron chi connectivity index (χ1n) is 11.7. The molecule has 1 unspecified atom stereocenters. The highest BCUT2D eigenvalue weighted by atomic mass is 127. The van der Waals surface area contributed by atoms with E-state index in [9.17, 15) is 4.39 Å². The van der Waals surface area contributed by atoms with Crippen molar-refractivity contribution in [2.45, 2.75) is 39.2 Å². The summed E-state index contributed by atoms with van der Waals surface area (Å²) in [4.78, 5) is 11.7. The van der Waals surface area contributed by atoms with Crippen LogP contribution in [0.15, 0.2) is 64.2 Å². The van der Waals surface area contributed by atoms with E-state index in [1.54, 1.807) is 18.4 Å². The summed E-state index contributed by atoms with van der Waals surface area (Å²) in [5.74, 6) is 0.990. The quantitative estimate of drug-likeness (QED) is 0.209. The predicted molar refractivity (Wildman–Crippen MR) is 146 cm³/mol. The zero-order chi connectivity index (χ0) is 23.0. The fourth-order valence-electron chi connectivity index (χ4n) is 4.00. The summed E-state index contributed by atoms with van der Waals surface area (Å²) in [5.41, 5.74) is 4.11. The lowest BCUT2D eigenvalue weighted by Gasteiger charge is -2.22. The second-order valence-corrected chi connectivity index (χ2v) is 8.32. The fourth-order valence-corrected chi connectivity index (χ4v) is 4.00. The topological polar surface area (TPSA) is 65.7 Å². The van der Waals surface area contributed by atoms with Crippen LogP contribution in [0, 0.1) is 5.82 Å². The van der Waals surface area contributed by atoms with Crippen LogP contribution in [-0.2, 0) is 6.42 Å². The molecule has 0 amide bonds. The maximum atomic E-state index is 13.1. The number of aromatic nitrogens is 1. The Morgan fingerprint density at radius 2 is 1.94 bits per heavy atom. The van der Waals surface area contributed by atoms with Gasteiger partial charge in [0.25, 0.3) is 0 Å². The van der Waals surface area contributed by atoms with Crippen LogP contribution in [0.4, 0.5) is 10.1 Å². The molecule has 0 saturated carbocycles. The molecule has 0 spiro atoms. The van der Waals surface area contributed by atoms with E-state index in [0.29, 0.717) is 18.9 Å².